The topological polar surface area (TPSA) is 88.4 Å². The SMILES string of the molecule is Cc1cc(Oc2c(C(C)(C)C)cc(Cc3c(C)c(Cc4cc(C(C)(C)C)c(Oc5cc(C)c(O)c(C)c5)c(C(C)(C)C)c4)c(C)c(Cc4cc(C(C)(C)C)c(Oc5cc(C)c(O)c(C)c5)c(C(C)(C)C)c4)c3C)cc2C(C)(C)C)cc(C)c1O. The zero-order valence-electron chi connectivity index (χ0n) is 56.6. The number of phenolic OH excluding ortho intramolecular Hbond substituents is 3. The van der Waals surface area contributed by atoms with Crippen LogP contribution in [0.3, 0.4) is 0 Å². The molecule has 3 N–H and O–H groups in total. The Morgan fingerprint density at radius 2 is 0.417 bits per heavy atom. The number of hydrogen-bond acceptors (Lipinski definition) is 6. The Morgan fingerprint density at radius 3 is 0.560 bits per heavy atom. The number of hydrogen-bond donors (Lipinski definition) is 3. The van der Waals surface area contributed by atoms with Gasteiger partial charge in [-0.25, -0.2) is 0 Å². The fourth-order valence-electron chi connectivity index (χ4n) is 12.1. The van der Waals surface area contributed by atoms with Crippen molar-refractivity contribution in [1.29, 1.82) is 0 Å². The summed E-state index contributed by atoms with van der Waals surface area (Å²) in [5.74, 6) is 5.67. The van der Waals surface area contributed by atoms with Crippen LogP contribution in [-0.4, -0.2) is 15.3 Å². The van der Waals surface area contributed by atoms with Crippen molar-refractivity contribution in [3.05, 3.63) is 190 Å². The van der Waals surface area contributed by atoms with Crippen molar-refractivity contribution in [2.45, 2.75) is 239 Å². The Bertz CT molecular complexity index is 3090. The van der Waals surface area contributed by atoms with Crippen LogP contribution >= 0.6 is 0 Å². The molecule has 0 unspecified atom stereocenters. The summed E-state index contributed by atoms with van der Waals surface area (Å²) in [7, 11) is 0. The maximum absolute atomic E-state index is 10.8. The fraction of sp³-hybridized carbons (Fsp3) is 0.462. The van der Waals surface area contributed by atoms with Crippen molar-refractivity contribution < 1.29 is 29.5 Å². The van der Waals surface area contributed by atoms with E-state index in [2.05, 4.69) is 182 Å². The third-order valence-electron chi connectivity index (χ3n) is 17.2. The summed E-state index contributed by atoms with van der Waals surface area (Å²) in [5, 5.41) is 32.3. The van der Waals surface area contributed by atoms with Crippen LogP contribution < -0.4 is 14.2 Å². The van der Waals surface area contributed by atoms with Crippen molar-refractivity contribution in [3.8, 4) is 51.7 Å². The third-order valence-corrected chi connectivity index (χ3v) is 17.2. The zero-order valence-corrected chi connectivity index (χ0v) is 56.6. The molecule has 0 heterocycles. The highest BCUT2D eigenvalue weighted by Crippen LogP contribution is 2.49. The average Bonchev–Trinajstić information content (AvgIpc) is 3.47. The van der Waals surface area contributed by atoms with E-state index >= 15 is 0 Å². The largest absolute Gasteiger partial charge is 0.507 e. The van der Waals surface area contributed by atoms with Gasteiger partial charge in [0.15, 0.2) is 0 Å². The van der Waals surface area contributed by atoms with E-state index in [9.17, 15) is 15.3 Å². The lowest BCUT2D eigenvalue weighted by Crippen LogP contribution is -2.20. The number of benzene rings is 7. The number of aryl methyl sites for hydroxylation is 6. The van der Waals surface area contributed by atoms with Gasteiger partial charge in [-0.05, 0) is 234 Å². The van der Waals surface area contributed by atoms with Crippen LogP contribution in [0.1, 0.15) is 241 Å². The molecule has 0 aliphatic rings. The fourth-order valence-corrected chi connectivity index (χ4v) is 12.1. The van der Waals surface area contributed by atoms with Crippen LogP contribution in [0.5, 0.6) is 51.7 Å². The Morgan fingerprint density at radius 1 is 0.262 bits per heavy atom. The molecule has 0 amide bonds. The quantitative estimate of drug-likeness (QED) is 0.113. The van der Waals surface area contributed by atoms with Gasteiger partial charge in [-0.2, -0.15) is 0 Å². The van der Waals surface area contributed by atoms with Gasteiger partial charge in [-0.1, -0.05) is 161 Å². The smallest absolute Gasteiger partial charge is 0.134 e. The molecule has 0 aliphatic heterocycles. The third kappa shape index (κ3) is 13.9. The van der Waals surface area contributed by atoms with E-state index < -0.39 is 0 Å². The summed E-state index contributed by atoms with van der Waals surface area (Å²) >= 11 is 0. The molecule has 0 saturated heterocycles. The highest BCUT2D eigenvalue weighted by Gasteiger charge is 2.34. The Kier molecular flexibility index (Phi) is 17.7. The standard InChI is InChI=1S/C78H102O6/c1-43-28-55(29-44(2)67(43)79)82-70-61(73(10,11)12)37-52(38-62(70)74(13,14)15)34-58-49(7)59(35-53-39-63(75(16,17)18)71(64(40-53)76(19,20)21)83-56-30-45(3)68(80)46(4)31-56)51(9)60(50(58)8)36-54-41-65(77(22,23)24)72(66(42-54)78(25,26)27)84-57-32-47(5)69(81)48(6)33-57/h28-33,37-42,79-81H,34-36H2,1-27H3. The first-order chi connectivity index (χ1) is 38.4. The maximum Gasteiger partial charge on any atom is 0.134 e. The minimum atomic E-state index is -0.267. The summed E-state index contributed by atoms with van der Waals surface area (Å²) in [6, 6.07) is 26.0. The molecule has 0 aliphatic carbocycles. The monoisotopic (exact) mass is 1130 g/mol. The summed E-state index contributed by atoms with van der Waals surface area (Å²) < 4.78 is 21.1. The molecule has 0 bridgehead atoms. The average molecular weight is 1140 g/mol. The number of aromatic hydroxyl groups is 3. The Hall–Kier alpha value is -6.66. The first-order valence-corrected chi connectivity index (χ1v) is 30.4. The molecule has 84 heavy (non-hydrogen) atoms. The second kappa shape index (κ2) is 23.0. The molecule has 7 aromatic carbocycles. The van der Waals surface area contributed by atoms with Gasteiger partial charge >= 0.3 is 0 Å². The first kappa shape index (κ1) is 64.9. The number of rotatable bonds is 12. The van der Waals surface area contributed by atoms with Crippen LogP contribution in [0.25, 0.3) is 0 Å². The van der Waals surface area contributed by atoms with Crippen molar-refractivity contribution >= 4 is 0 Å². The van der Waals surface area contributed by atoms with Crippen molar-refractivity contribution in [1.82, 2.24) is 0 Å². The highest BCUT2D eigenvalue weighted by molar-refractivity contribution is 5.62. The summed E-state index contributed by atoms with van der Waals surface area (Å²) in [6.07, 6.45) is 2.16. The van der Waals surface area contributed by atoms with Crippen LogP contribution in [0.4, 0.5) is 0 Å². The van der Waals surface area contributed by atoms with Gasteiger partial charge < -0.3 is 29.5 Å². The van der Waals surface area contributed by atoms with Gasteiger partial charge in [-0.15, -0.1) is 0 Å². The van der Waals surface area contributed by atoms with E-state index in [4.69, 9.17) is 14.2 Å². The molecule has 7 rings (SSSR count). The number of phenols is 3. The lowest BCUT2D eigenvalue weighted by molar-refractivity contribution is 0.427. The summed E-state index contributed by atoms with van der Waals surface area (Å²) in [5.41, 5.74) is 21.6. The molecule has 0 aromatic heterocycles. The van der Waals surface area contributed by atoms with E-state index in [1.165, 1.54) is 50.1 Å². The minimum Gasteiger partial charge on any atom is -0.507 e. The second-order valence-corrected chi connectivity index (χ2v) is 30.9. The lowest BCUT2D eigenvalue weighted by Gasteiger charge is -2.32. The molecule has 0 radical (unpaired) electrons. The molecule has 6 nitrogen and oxygen atoms in total. The van der Waals surface area contributed by atoms with Crippen LogP contribution in [0.2, 0.25) is 0 Å². The van der Waals surface area contributed by atoms with E-state index in [1.807, 2.05) is 77.9 Å². The van der Waals surface area contributed by atoms with Crippen LogP contribution in [0.15, 0.2) is 72.8 Å². The normalized spacial score (nSPS) is 12.8. The van der Waals surface area contributed by atoms with Gasteiger partial charge in [0, 0.05) is 33.4 Å². The molecular weight excluding hydrogens is 1030 g/mol. The van der Waals surface area contributed by atoms with E-state index in [0.29, 0.717) is 17.2 Å². The minimum absolute atomic E-state index is 0.267. The van der Waals surface area contributed by atoms with Crippen LogP contribution in [0, 0.1) is 62.3 Å². The summed E-state index contributed by atoms with van der Waals surface area (Å²) in [6.45, 7) is 59.6. The summed E-state index contributed by atoms with van der Waals surface area (Å²) in [4.78, 5) is 0. The molecule has 7 aromatic rings. The second-order valence-electron chi connectivity index (χ2n) is 30.9. The van der Waals surface area contributed by atoms with Gasteiger partial charge in [0.2, 0.25) is 0 Å². The zero-order chi connectivity index (χ0) is 63.0. The van der Waals surface area contributed by atoms with Gasteiger partial charge in [0.05, 0.1) is 0 Å². The maximum atomic E-state index is 10.8. The molecule has 450 valence electrons. The van der Waals surface area contributed by atoms with Crippen molar-refractivity contribution in [2.24, 2.45) is 0 Å². The lowest BCUT2D eigenvalue weighted by atomic mass is 9.75. The van der Waals surface area contributed by atoms with Crippen molar-refractivity contribution in [3.63, 3.8) is 0 Å². The van der Waals surface area contributed by atoms with E-state index in [0.717, 1.165) is 121 Å². The Labute approximate surface area is 507 Å². The molecule has 0 fully saturated rings. The van der Waals surface area contributed by atoms with Gasteiger partial charge in [0.1, 0.15) is 51.7 Å². The van der Waals surface area contributed by atoms with E-state index in [-0.39, 0.29) is 32.5 Å². The van der Waals surface area contributed by atoms with Gasteiger partial charge in [0.25, 0.3) is 0 Å². The first-order valence-electron chi connectivity index (χ1n) is 30.4. The molecule has 0 spiro atoms. The molecular formula is C78H102O6. The molecule has 0 atom stereocenters. The predicted octanol–water partition coefficient (Wildman–Crippen LogP) is 21.5. The molecule has 0 saturated carbocycles. The highest BCUT2D eigenvalue weighted by atomic mass is 16.5. The number of ether oxygens (including phenoxy) is 3. The van der Waals surface area contributed by atoms with Crippen molar-refractivity contribution in [2.75, 3.05) is 0 Å². The molecule has 6 heteroatoms. The Balaban J connectivity index is 1.51. The van der Waals surface area contributed by atoms with Crippen LogP contribution in [-0.2, 0) is 51.8 Å². The van der Waals surface area contributed by atoms with Gasteiger partial charge in [-0.3, -0.25) is 0 Å². The predicted molar refractivity (Wildman–Crippen MR) is 354 cm³/mol. The van der Waals surface area contributed by atoms with E-state index in [1.54, 1.807) is 0 Å².